The Labute approximate surface area is 114 Å². The number of aliphatic hydroxyl groups excluding tert-OH is 2. The summed E-state index contributed by atoms with van der Waals surface area (Å²) in [5.41, 5.74) is 0. The number of thiophene rings is 1. The minimum atomic E-state index is 0.0367. The van der Waals surface area contributed by atoms with E-state index >= 15 is 0 Å². The van der Waals surface area contributed by atoms with Gasteiger partial charge in [-0.15, -0.1) is 11.3 Å². The molecule has 2 heterocycles. The molecule has 0 aromatic carbocycles. The Hall–Kier alpha value is -0.790. The molecule has 0 fully saturated rings. The molecule has 0 amide bonds. The van der Waals surface area contributed by atoms with Gasteiger partial charge in [-0.1, -0.05) is 11.6 Å². The van der Waals surface area contributed by atoms with Gasteiger partial charge in [-0.05, 0) is 11.4 Å². The average molecular weight is 288 g/mol. The summed E-state index contributed by atoms with van der Waals surface area (Å²) in [5, 5.41) is 21.1. The van der Waals surface area contributed by atoms with Crippen molar-refractivity contribution >= 4 is 33.2 Å². The van der Waals surface area contributed by atoms with Gasteiger partial charge in [0.1, 0.15) is 15.8 Å². The number of aliphatic hydroxyl groups is 2. The van der Waals surface area contributed by atoms with E-state index in [4.69, 9.17) is 21.8 Å². The van der Waals surface area contributed by atoms with Gasteiger partial charge in [0.15, 0.2) is 0 Å². The van der Waals surface area contributed by atoms with Crippen LogP contribution in [0.1, 0.15) is 5.82 Å². The van der Waals surface area contributed by atoms with E-state index in [-0.39, 0.29) is 13.2 Å². The second-order valence-electron chi connectivity index (χ2n) is 3.79. The second-order valence-corrected chi connectivity index (χ2v) is 5.05. The van der Waals surface area contributed by atoms with Crippen LogP contribution < -0.4 is 0 Å². The Kier molecular flexibility index (Phi) is 4.85. The minimum Gasteiger partial charge on any atom is -0.395 e. The molecule has 0 aliphatic carbocycles. The van der Waals surface area contributed by atoms with Gasteiger partial charge in [-0.25, -0.2) is 9.97 Å². The first kappa shape index (κ1) is 13.6. The maximum absolute atomic E-state index is 8.95. The van der Waals surface area contributed by atoms with Crippen molar-refractivity contribution in [2.45, 2.75) is 6.54 Å². The molecular formula is C11H14ClN3O2S. The Balaban J connectivity index is 2.19. The number of hydrogen-bond acceptors (Lipinski definition) is 6. The number of halogens is 1. The van der Waals surface area contributed by atoms with Crippen molar-refractivity contribution in [1.82, 2.24) is 14.9 Å². The zero-order chi connectivity index (χ0) is 13.0. The average Bonchev–Trinajstić information content (AvgIpc) is 2.78. The highest BCUT2D eigenvalue weighted by Gasteiger charge is 2.11. The molecule has 0 spiro atoms. The first-order valence-electron chi connectivity index (χ1n) is 5.58. The van der Waals surface area contributed by atoms with Crippen molar-refractivity contribution in [3.63, 3.8) is 0 Å². The van der Waals surface area contributed by atoms with Gasteiger partial charge in [0.25, 0.3) is 0 Å². The third-order valence-corrected chi connectivity index (χ3v) is 3.62. The highest BCUT2D eigenvalue weighted by atomic mass is 35.5. The molecule has 2 N–H and O–H groups in total. The van der Waals surface area contributed by atoms with Gasteiger partial charge < -0.3 is 10.2 Å². The SMILES string of the molecule is OCCN(CCO)Cc1nc(Cl)c2ccsc2n1. The lowest BCUT2D eigenvalue weighted by Crippen LogP contribution is -2.30. The van der Waals surface area contributed by atoms with E-state index in [9.17, 15) is 0 Å². The fourth-order valence-electron chi connectivity index (χ4n) is 1.68. The van der Waals surface area contributed by atoms with Crippen molar-refractivity contribution in [2.75, 3.05) is 26.3 Å². The summed E-state index contributed by atoms with van der Waals surface area (Å²) >= 11 is 7.60. The molecule has 98 valence electrons. The van der Waals surface area contributed by atoms with Crippen LogP contribution in [-0.4, -0.2) is 51.4 Å². The molecule has 18 heavy (non-hydrogen) atoms. The first-order chi connectivity index (χ1) is 8.74. The Bertz CT molecular complexity index is 514. The number of fused-ring (bicyclic) bond motifs is 1. The monoisotopic (exact) mass is 287 g/mol. The van der Waals surface area contributed by atoms with E-state index in [0.717, 1.165) is 10.2 Å². The molecule has 2 aromatic heterocycles. The van der Waals surface area contributed by atoms with Crippen molar-refractivity contribution < 1.29 is 10.2 Å². The fraction of sp³-hybridized carbons (Fsp3) is 0.455. The van der Waals surface area contributed by atoms with E-state index in [1.54, 1.807) is 0 Å². The van der Waals surface area contributed by atoms with E-state index < -0.39 is 0 Å². The van der Waals surface area contributed by atoms with Crippen molar-refractivity contribution in [1.29, 1.82) is 0 Å². The van der Waals surface area contributed by atoms with Gasteiger partial charge in [0.2, 0.25) is 0 Å². The molecule has 7 heteroatoms. The molecule has 0 saturated heterocycles. The van der Waals surface area contributed by atoms with Gasteiger partial charge in [-0.2, -0.15) is 0 Å². The van der Waals surface area contributed by atoms with Crippen LogP contribution in [0.3, 0.4) is 0 Å². The Morgan fingerprint density at radius 1 is 1.22 bits per heavy atom. The molecular weight excluding hydrogens is 274 g/mol. The van der Waals surface area contributed by atoms with E-state index in [1.807, 2.05) is 16.3 Å². The molecule has 2 rings (SSSR count). The highest BCUT2D eigenvalue weighted by Crippen LogP contribution is 2.24. The fourth-order valence-corrected chi connectivity index (χ4v) is 2.77. The number of hydrogen-bond donors (Lipinski definition) is 2. The second kappa shape index (κ2) is 6.40. The van der Waals surface area contributed by atoms with Crippen LogP contribution in [0.4, 0.5) is 0 Å². The topological polar surface area (TPSA) is 69.5 Å². The highest BCUT2D eigenvalue weighted by molar-refractivity contribution is 7.16. The van der Waals surface area contributed by atoms with Crippen LogP contribution >= 0.6 is 22.9 Å². The van der Waals surface area contributed by atoms with E-state index in [2.05, 4.69) is 9.97 Å². The Morgan fingerprint density at radius 3 is 2.61 bits per heavy atom. The maximum atomic E-state index is 8.95. The lowest BCUT2D eigenvalue weighted by molar-refractivity contribution is 0.153. The van der Waals surface area contributed by atoms with Gasteiger partial charge in [0.05, 0.1) is 19.8 Å². The summed E-state index contributed by atoms with van der Waals surface area (Å²) < 4.78 is 0. The number of rotatable bonds is 6. The van der Waals surface area contributed by atoms with Crippen LogP contribution in [0.2, 0.25) is 5.15 Å². The van der Waals surface area contributed by atoms with Crippen molar-refractivity contribution in [3.8, 4) is 0 Å². The lowest BCUT2D eigenvalue weighted by Gasteiger charge is -2.18. The summed E-state index contributed by atoms with van der Waals surface area (Å²) in [7, 11) is 0. The van der Waals surface area contributed by atoms with Crippen molar-refractivity contribution in [2.24, 2.45) is 0 Å². The van der Waals surface area contributed by atoms with Crippen LogP contribution in [0.25, 0.3) is 10.2 Å². The molecule has 0 bridgehead atoms. The summed E-state index contributed by atoms with van der Waals surface area (Å²) in [5.74, 6) is 0.608. The normalized spacial score (nSPS) is 11.6. The summed E-state index contributed by atoms with van der Waals surface area (Å²) in [6, 6.07) is 1.89. The third-order valence-electron chi connectivity index (χ3n) is 2.52. The zero-order valence-corrected chi connectivity index (χ0v) is 11.3. The molecule has 2 aromatic rings. The molecule has 0 radical (unpaired) electrons. The number of aromatic nitrogens is 2. The predicted octanol–water partition coefficient (Wildman–Crippen LogP) is 1.13. The maximum Gasteiger partial charge on any atom is 0.145 e. The molecule has 0 saturated carbocycles. The van der Waals surface area contributed by atoms with Gasteiger partial charge in [0, 0.05) is 18.5 Å². The quantitative estimate of drug-likeness (QED) is 0.780. The van der Waals surface area contributed by atoms with E-state index in [1.165, 1.54) is 11.3 Å². The minimum absolute atomic E-state index is 0.0367. The third kappa shape index (κ3) is 3.15. The smallest absolute Gasteiger partial charge is 0.145 e. The standard InChI is InChI=1S/C11H14ClN3O2S/c12-10-8-1-6-18-11(8)14-9(13-10)7-15(2-4-16)3-5-17/h1,6,16-17H,2-5,7H2. The van der Waals surface area contributed by atoms with Crippen LogP contribution in [0, 0.1) is 0 Å². The van der Waals surface area contributed by atoms with Gasteiger partial charge in [-0.3, -0.25) is 4.90 Å². The molecule has 0 aliphatic heterocycles. The first-order valence-corrected chi connectivity index (χ1v) is 6.84. The Morgan fingerprint density at radius 2 is 1.94 bits per heavy atom. The van der Waals surface area contributed by atoms with Crippen molar-refractivity contribution in [3.05, 3.63) is 22.4 Å². The van der Waals surface area contributed by atoms with E-state index in [0.29, 0.717) is 30.6 Å². The van der Waals surface area contributed by atoms with Gasteiger partial charge >= 0.3 is 0 Å². The summed E-state index contributed by atoms with van der Waals surface area (Å²) in [6.45, 7) is 1.49. The molecule has 0 atom stereocenters. The predicted molar refractivity (Wildman–Crippen MR) is 71.9 cm³/mol. The molecule has 5 nitrogen and oxygen atoms in total. The molecule has 0 unspecified atom stereocenters. The zero-order valence-electron chi connectivity index (χ0n) is 9.71. The largest absolute Gasteiger partial charge is 0.395 e. The van der Waals surface area contributed by atoms with Crippen LogP contribution in [0.15, 0.2) is 11.4 Å². The lowest BCUT2D eigenvalue weighted by atomic mass is 10.4. The summed E-state index contributed by atoms with van der Waals surface area (Å²) in [4.78, 5) is 11.4. The molecule has 0 aliphatic rings. The summed E-state index contributed by atoms with van der Waals surface area (Å²) in [6.07, 6.45) is 0. The van der Waals surface area contributed by atoms with Crippen LogP contribution in [-0.2, 0) is 6.54 Å². The van der Waals surface area contributed by atoms with Crippen LogP contribution in [0.5, 0.6) is 0 Å². The number of nitrogens with zero attached hydrogens (tertiary/aromatic N) is 3.